The van der Waals surface area contributed by atoms with E-state index in [1.807, 2.05) is 11.8 Å². The van der Waals surface area contributed by atoms with Gasteiger partial charge in [0, 0.05) is 51.1 Å². The molecule has 1 saturated carbocycles. The molecule has 3 aliphatic rings. The molecule has 1 aromatic rings. The molecule has 2 aliphatic heterocycles. The van der Waals surface area contributed by atoms with Gasteiger partial charge in [0.15, 0.2) is 6.10 Å². The molecule has 0 bridgehead atoms. The topological polar surface area (TPSA) is 71.5 Å². The first-order valence-electron chi connectivity index (χ1n) is 12.4. The number of ether oxygens (including phenoxy) is 3. The molecule has 0 aromatic heterocycles. The molecule has 2 saturated heterocycles. The molecule has 0 amide bonds. The van der Waals surface area contributed by atoms with Crippen molar-refractivity contribution < 1.29 is 37.3 Å². The molecule has 0 unspecified atom stereocenters. The maximum Gasteiger partial charge on any atom is 0.573 e. The Labute approximate surface area is 204 Å². The van der Waals surface area contributed by atoms with Gasteiger partial charge in [-0.2, -0.15) is 0 Å². The highest BCUT2D eigenvalue weighted by molar-refractivity contribution is 5.77. The average molecular weight is 501 g/mol. The molecule has 3 fully saturated rings. The molecule has 10 heteroatoms. The third kappa shape index (κ3) is 6.40. The van der Waals surface area contributed by atoms with Crippen LogP contribution >= 0.6 is 0 Å². The number of hydrogen-bond donors (Lipinski definition) is 1. The van der Waals surface area contributed by atoms with E-state index in [1.54, 1.807) is 26.0 Å². The predicted octanol–water partition coefficient (Wildman–Crippen LogP) is 4.29. The second kappa shape index (κ2) is 10.1. The molecular formula is C25H35F3N2O5. The molecule has 0 spiro atoms. The molecule has 4 rings (SSSR count). The number of benzene rings is 1. The molecule has 0 radical (unpaired) electrons. The maximum absolute atomic E-state index is 12.7. The van der Waals surface area contributed by atoms with Gasteiger partial charge in [0.25, 0.3) is 0 Å². The van der Waals surface area contributed by atoms with Crippen LogP contribution in [0, 0.1) is 11.8 Å². The van der Waals surface area contributed by atoms with Crippen LogP contribution in [0.25, 0.3) is 0 Å². The Kier molecular flexibility index (Phi) is 7.54. The number of halogens is 3. The third-order valence-electron chi connectivity index (χ3n) is 7.30. The van der Waals surface area contributed by atoms with Crippen LogP contribution in [0.15, 0.2) is 24.3 Å². The zero-order chi connectivity index (χ0) is 25.4. The lowest BCUT2D eigenvalue weighted by atomic mass is 9.86. The normalized spacial score (nSPS) is 27.6. The minimum absolute atomic E-state index is 0.0543. The SMILES string of the molecule is C[C@@H]1CN(c2ccc(OC(F)(F)F)cc2)CCN1[C@@H](O)[C@@H](CC1CCCC1)[C@@H]1OC(C)(C)OC1=O. The maximum atomic E-state index is 12.7. The van der Waals surface area contributed by atoms with E-state index in [-0.39, 0.29) is 11.8 Å². The molecular weight excluding hydrogens is 465 g/mol. The van der Waals surface area contributed by atoms with Crippen molar-refractivity contribution in [3.63, 3.8) is 0 Å². The Bertz CT molecular complexity index is 873. The van der Waals surface area contributed by atoms with Crippen molar-refractivity contribution in [1.82, 2.24) is 4.90 Å². The first kappa shape index (κ1) is 26.0. The van der Waals surface area contributed by atoms with E-state index in [9.17, 15) is 23.1 Å². The fourth-order valence-electron chi connectivity index (χ4n) is 5.68. The van der Waals surface area contributed by atoms with E-state index in [0.29, 0.717) is 32.0 Å². The summed E-state index contributed by atoms with van der Waals surface area (Å²) in [6.07, 6.45) is -1.21. The number of anilines is 1. The summed E-state index contributed by atoms with van der Waals surface area (Å²) >= 11 is 0. The fourth-order valence-corrected chi connectivity index (χ4v) is 5.68. The van der Waals surface area contributed by atoms with Gasteiger partial charge < -0.3 is 24.2 Å². The monoisotopic (exact) mass is 500 g/mol. The van der Waals surface area contributed by atoms with Gasteiger partial charge in [0.05, 0.1) is 0 Å². The van der Waals surface area contributed by atoms with Gasteiger partial charge in [-0.15, -0.1) is 13.2 Å². The molecule has 1 aliphatic carbocycles. The fraction of sp³-hybridized carbons (Fsp3) is 0.720. The van der Waals surface area contributed by atoms with Crippen LogP contribution in [0.5, 0.6) is 5.75 Å². The van der Waals surface area contributed by atoms with Crippen LogP contribution in [0.1, 0.15) is 52.9 Å². The van der Waals surface area contributed by atoms with Crippen LogP contribution in [0.3, 0.4) is 0 Å². The Hall–Kier alpha value is -2.04. The summed E-state index contributed by atoms with van der Waals surface area (Å²) in [6, 6.07) is 5.76. The summed E-state index contributed by atoms with van der Waals surface area (Å²) in [7, 11) is 0. The molecule has 1 N–H and O–H groups in total. The van der Waals surface area contributed by atoms with Crippen LogP contribution in [-0.4, -0.2) is 66.1 Å². The first-order chi connectivity index (χ1) is 16.4. The van der Waals surface area contributed by atoms with Gasteiger partial charge in [-0.05, 0) is 43.5 Å². The second-order valence-corrected chi connectivity index (χ2v) is 10.4. The Morgan fingerprint density at radius 3 is 2.37 bits per heavy atom. The molecule has 1 aromatic carbocycles. The van der Waals surface area contributed by atoms with Gasteiger partial charge >= 0.3 is 12.3 Å². The summed E-state index contributed by atoms with van der Waals surface area (Å²) in [4.78, 5) is 16.7. The van der Waals surface area contributed by atoms with Crippen LogP contribution in [0.4, 0.5) is 18.9 Å². The lowest BCUT2D eigenvalue weighted by molar-refractivity contribution is -0.274. The van der Waals surface area contributed by atoms with Gasteiger partial charge in [-0.3, -0.25) is 4.90 Å². The van der Waals surface area contributed by atoms with Gasteiger partial charge in [-0.1, -0.05) is 25.7 Å². The quantitative estimate of drug-likeness (QED) is 0.560. The summed E-state index contributed by atoms with van der Waals surface area (Å²) in [6.45, 7) is 7.11. The number of piperazine rings is 1. The Morgan fingerprint density at radius 1 is 1.17 bits per heavy atom. The standard InChI is InChI=1S/C25H35F3N2O5/c1-16-15-29(18-8-10-19(11-9-18)33-25(26,27)28)12-13-30(16)22(31)20(14-17-6-4-5-7-17)21-23(32)35-24(2,3)34-21/h8-11,16-17,20-22,31H,4-7,12-15H2,1-3H3/t16-,20+,21+,22+/m1/s1. The number of nitrogens with zero attached hydrogens (tertiary/aromatic N) is 2. The number of aliphatic hydroxyl groups is 1. The summed E-state index contributed by atoms with van der Waals surface area (Å²) in [5, 5.41) is 11.5. The van der Waals surface area contributed by atoms with Gasteiger partial charge in [0.1, 0.15) is 12.0 Å². The lowest BCUT2D eigenvalue weighted by Gasteiger charge is -2.45. The smallest absolute Gasteiger partial charge is 0.432 e. The number of carbonyl (C=O) groups excluding carboxylic acids is 1. The van der Waals surface area contributed by atoms with Crippen LogP contribution in [0.2, 0.25) is 0 Å². The van der Waals surface area contributed by atoms with E-state index in [1.165, 1.54) is 12.1 Å². The van der Waals surface area contributed by atoms with E-state index in [0.717, 1.165) is 31.4 Å². The Morgan fingerprint density at radius 2 is 1.83 bits per heavy atom. The summed E-state index contributed by atoms with van der Waals surface area (Å²) < 4.78 is 52.6. The minimum atomic E-state index is -4.72. The minimum Gasteiger partial charge on any atom is -0.432 e. The number of rotatable bonds is 7. The average Bonchev–Trinajstić information content (AvgIpc) is 3.37. The largest absolute Gasteiger partial charge is 0.573 e. The second-order valence-electron chi connectivity index (χ2n) is 10.4. The first-order valence-corrected chi connectivity index (χ1v) is 12.4. The zero-order valence-electron chi connectivity index (χ0n) is 20.5. The van der Waals surface area contributed by atoms with Crippen molar-refractivity contribution in [1.29, 1.82) is 0 Å². The van der Waals surface area contributed by atoms with Crippen molar-refractivity contribution in [2.75, 3.05) is 24.5 Å². The molecule has 35 heavy (non-hydrogen) atoms. The number of hydrogen-bond acceptors (Lipinski definition) is 7. The molecule has 4 atom stereocenters. The highest BCUT2D eigenvalue weighted by atomic mass is 19.4. The number of cyclic esters (lactones) is 1. The van der Waals surface area contributed by atoms with E-state index < -0.39 is 36.4 Å². The van der Waals surface area contributed by atoms with Crippen molar-refractivity contribution in [2.45, 2.75) is 83.4 Å². The molecule has 7 nitrogen and oxygen atoms in total. The number of aliphatic hydroxyl groups excluding tert-OH is 1. The van der Waals surface area contributed by atoms with E-state index >= 15 is 0 Å². The summed E-state index contributed by atoms with van der Waals surface area (Å²) in [5.41, 5.74) is 0.785. The van der Waals surface area contributed by atoms with Crippen molar-refractivity contribution in [3.8, 4) is 5.75 Å². The molecule has 196 valence electrons. The number of carbonyl (C=O) groups is 1. The van der Waals surface area contributed by atoms with Crippen molar-refractivity contribution >= 4 is 11.7 Å². The van der Waals surface area contributed by atoms with E-state index in [2.05, 4.69) is 9.64 Å². The highest BCUT2D eigenvalue weighted by Gasteiger charge is 2.49. The van der Waals surface area contributed by atoms with Crippen LogP contribution < -0.4 is 9.64 Å². The van der Waals surface area contributed by atoms with Gasteiger partial charge in [-0.25, -0.2) is 4.79 Å². The predicted molar refractivity (Wildman–Crippen MR) is 123 cm³/mol. The van der Waals surface area contributed by atoms with Crippen LogP contribution in [-0.2, 0) is 14.3 Å². The number of alkyl halides is 3. The van der Waals surface area contributed by atoms with Crippen molar-refractivity contribution in [3.05, 3.63) is 24.3 Å². The third-order valence-corrected chi connectivity index (χ3v) is 7.30. The Balaban J connectivity index is 1.43. The zero-order valence-corrected chi connectivity index (χ0v) is 20.5. The number of esters is 1. The van der Waals surface area contributed by atoms with Gasteiger partial charge in [0.2, 0.25) is 5.79 Å². The lowest BCUT2D eigenvalue weighted by Crippen LogP contribution is -2.59. The van der Waals surface area contributed by atoms with Crippen molar-refractivity contribution in [2.24, 2.45) is 11.8 Å². The highest BCUT2D eigenvalue weighted by Crippen LogP contribution is 2.39. The van der Waals surface area contributed by atoms with E-state index in [4.69, 9.17) is 9.47 Å². The summed E-state index contributed by atoms with van der Waals surface area (Å²) in [5.74, 6) is -1.65. The molecule has 2 heterocycles.